The molecule has 1 N–H and O–H groups in total. The lowest BCUT2D eigenvalue weighted by atomic mass is 10.0. The summed E-state index contributed by atoms with van der Waals surface area (Å²) >= 11 is 6.87. The van der Waals surface area contributed by atoms with Crippen LogP contribution in [0.1, 0.15) is 30.5 Å². The van der Waals surface area contributed by atoms with E-state index in [0.29, 0.717) is 5.69 Å². The van der Waals surface area contributed by atoms with Gasteiger partial charge in [0.25, 0.3) is 0 Å². The van der Waals surface area contributed by atoms with E-state index in [1.54, 1.807) is 18.2 Å². The number of sulfonamides is 1. The number of aryl methyl sites for hydroxylation is 1. The van der Waals surface area contributed by atoms with Gasteiger partial charge in [-0.05, 0) is 67.8 Å². The number of halogens is 2. The Labute approximate surface area is 247 Å². The maximum atomic E-state index is 14.0. The van der Waals surface area contributed by atoms with Crippen molar-refractivity contribution in [1.82, 2.24) is 10.2 Å². The zero-order valence-corrected chi connectivity index (χ0v) is 26.4. The lowest BCUT2D eigenvalue weighted by molar-refractivity contribution is -0.140. The van der Waals surface area contributed by atoms with Crippen molar-refractivity contribution < 1.29 is 18.0 Å². The third kappa shape index (κ3) is 8.91. The van der Waals surface area contributed by atoms with E-state index in [-0.39, 0.29) is 24.9 Å². The molecule has 1 atom stereocenters. The number of nitrogens with one attached hydrogen (secondary N) is 1. The fraction of sp³-hybridized carbons (Fsp3) is 0.310. The Kier molecular flexibility index (Phi) is 10.7. The fourth-order valence-electron chi connectivity index (χ4n) is 4.12. The molecule has 0 fully saturated rings. The smallest absolute Gasteiger partial charge is 0.244 e. The van der Waals surface area contributed by atoms with Crippen LogP contribution >= 0.6 is 31.9 Å². The van der Waals surface area contributed by atoms with Gasteiger partial charge >= 0.3 is 0 Å². The van der Waals surface area contributed by atoms with Crippen molar-refractivity contribution in [3.05, 3.63) is 98.4 Å². The Morgan fingerprint density at radius 2 is 1.56 bits per heavy atom. The average molecular weight is 679 g/mol. The van der Waals surface area contributed by atoms with Gasteiger partial charge in [-0.15, -0.1) is 0 Å². The molecule has 0 bridgehead atoms. The summed E-state index contributed by atoms with van der Waals surface area (Å²) < 4.78 is 28.6. The molecule has 0 saturated carbocycles. The lowest BCUT2D eigenvalue weighted by Crippen LogP contribution is -2.54. The number of nitrogens with zero attached hydrogens (tertiary/aromatic N) is 2. The predicted molar refractivity (Wildman–Crippen MR) is 163 cm³/mol. The van der Waals surface area contributed by atoms with E-state index < -0.39 is 28.5 Å². The van der Waals surface area contributed by atoms with Gasteiger partial charge in [0.15, 0.2) is 0 Å². The molecule has 0 radical (unpaired) electrons. The molecule has 39 heavy (non-hydrogen) atoms. The molecule has 0 saturated heterocycles. The number of benzene rings is 3. The predicted octanol–water partition coefficient (Wildman–Crippen LogP) is 5.45. The monoisotopic (exact) mass is 677 g/mol. The van der Waals surface area contributed by atoms with Gasteiger partial charge in [-0.2, -0.15) is 0 Å². The second kappa shape index (κ2) is 13.6. The van der Waals surface area contributed by atoms with Crippen molar-refractivity contribution >= 4 is 59.4 Å². The topological polar surface area (TPSA) is 86.8 Å². The molecule has 7 nitrogen and oxygen atoms in total. The van der Waals surface area contributed by atoms with Crippen LogP contribution in [0.25, 0.3) is 0 Å². The first-order valence-electron chi connectivity index (χ1n) is 12.5. The Hall–Kier alpha value is -2.69. The zero-order chi connectivity index (χ0) is 28.7. The van der Waals surface area contributed by atoms with Crippen molar-refractivity contribution in [2.75, 3.05) is 17.1 Å². The number of carbonyl (C=O) groups is 2. The van der Waals surface area contributed by atoms with Gasteiger partial charge in [0, 0.05) is 28.0 Å². The second-order valence-electron chi connectivity index (χ2n) is 9.72. The van der Waals surface area contributed by atoms with Crippen molar-refractivity contribution in [1.29, 1.82) is 0 Å². The van der Waals surface area contributed by atoms with Crippen LogP contribution in [0, 0.1) is 6.92 Å². The standard InChI is InChI=1S/C29H33Br2N3O4S/c1-20(2)32-29(36)27(17-22-8-6-5-7-9-22)33(18-23-10-12-24(30)13-11-23)28(35)19-34(39(4,37)38)25-14-15-26(31)21(3)16-25/h5-16,20,27H,17-19H2,1-4H3,(H,32,36)/t27-/m1/s1. The van der Waals surface area contributed by atoms with Gasteiger partial charge in [-0.3, -0.25) is 13.9 Å². The van der Waals surface area contributed by atoms with Crippen molar-refractivity contribution in [2.24, 2.45) is 0 Å². The van der Waals surface area contributed by atoms with Gasteiger partial charge in [-0.1, -0.05) is 74.3 Å². The highest BCUT2D eigenvalue weighted by Crippen LogP contribution is 2.25. The van der Waals surface area contributed by atoms with Crippen LogP contribution in [-0.2, 0) is 32.6 Å². The first-order valence-corrected chi connectivity index (χ1v) is 15.9. The van der Waals surface area contributed by atoms with Gasteiger partial charge < -0.3 is 10.2 Å². The average Bonchev–Trinajstić information content (AvgIpc) is 2.87. The normalized spacial score (nSPS) is 12.2. The van der Waals surface area contributed by atoms with E-state index in [1.807, 2.05) is 75.4 Å². The largest absolute Gasteiger partial charge is 0.352 e. The zero-order valence-electron chi connectivity index (χ0n) is 22.4. The van der Waals surface area contributed by atoms with E-state index in [9.17, 15) is 18.0 Å². The molecule has 2 amide bonds. The molecule has 0 unspecified atom stereocenters. The Bertz CT molecular complexity index is 1400. The SMILES string of the molecule is Cc1cc(N(CC(=O)N(Cc2ccc(Br)cc2)[C@H](Cc2ccccc2)C(=O)NC(C)C)S(C)(=O)=O)ccc1Br. The molecule has 0 aliphatic carbocycles. The Morgan fingerprint density at radius 3 is 2.13 bits per heavy atom. The van der Waals surface area contributed by atoms with Crippen LogP contribution in [-0.4, -0.2) is 50.0 Å². The summed E-state index contributed by atoms with van der Waals surface area (Å²) in [4.78, 5) is 29.1. The van der Waals surface area contributed by atoms with E-state index in [2.05, 4.69) is 37.2 Å². The minimum atomic E-state index is -3.81. The summed E-state index contributed by atoms with van der Waals surface area (Å²) in [6.45, 7) is 5.25. The van der Waals surface area contributed by atoms with Crippen LogP contribution in [0.4, 0.5) is 5.69 Å². The number of rotatable bonds is 11. The highest BCUT2D eigenvalue weighted by Gasteiger charge is 2.33. The molecular formula is C29H33Br2N3O4S. The maximum Gasteiger partial charge on any atom is 0.244 e. The van der Waals surface area contributed by atoms with Crippen LogP contribution in [0.2, 0.25) is 0 Å². The lowest BCUT2D eigenvalue weighted by Gasteiger charge is -2.34. The summed E-state index contributed by atoms with van der Waals surface area (Å²) in [6, 6.07) is 21.1. The number of hydrogen-bond donors (Lipinski definition) is 1. The molecule has 0 aliphatic rings. The highest BCUT2D eigenvalue weighted by molar-refractivity contribution is 9.10. The van der Waals surface area contributed by atoms with E-state index >= 15 is 0 Å². The molecule has 3 aromatic carbocycles. The Balaban J connectivity index is 2.06. The van der Waals surface area contributed by atoms with Crippen molar-refractivity contribution in [3.8, 4) is 0 Å². The van der Waals surface area contributed by atoms with Crippen LogP contribution < -0.4 is 9.62 Å². The first kappa shape index (κ1) is 30.8. The van der Waals surface area contributed by atoms with Gasteiger partial charge in [-0.25, -0.2) is 8.42 Å². The third-order valence-corrected chi connectivity index (χ3v) is 8.64. The van der Waals surface area contributed by atoms with Gasteiger partial charge in [0.05, 0.1) is 11.9 Å². The number of hydrogen-bond acceptors (Lipinski definition) is 4. The quantitative estimate of drug-likeness (QED) is 0.292. The molecule has 0 heterocycles. The van der Waals surface area contributed by atoms with Crippen molar-refractivity contribution in [2.45, 2.75) is 45.8 Å². The number of anilines is 1. The minimum Gasteiger partial charge on any atom is -0.352 e. The highest BCUT2D eigenvalue weighted by atomic mass is 79.9. The molecule has 10 heteroatoms. The van der Waals surface area contributed by atoms with E-state index in [1.165, 1.54) is 4.90 Å². The summed E-state index contributed by atoms with van der Waals surface area (Å²) in [5.74, 6) is -0.784. The maximum absolute atomic E-state index is 14.0. The second-order valence-corrected chi connectivity index (χ2v) is 13.4. The van der Waals surface area contributed by atoms with Gasteiger partial charge in [0.2, 0.25) is 21.8 Å². The van der Waals surface area contributed by atoms with Crippen LogP contribution in [0.3, 0.4) is 0 Å². The first-order chi connectivity index (χ1) is 18.3. The molecular weight excluding hydrogens is 646 g/mol. The fourth-order valence-corrected chi connectivity index (χ4v) is 5.47. The molecule has 208 valence electrons. The molecule has 0 spiro atoms. The molecule has 3 rings (SSSR count). The summed E-state index contributed by atoms with van der Waals surface area (Å²) in [6.07, 6.45) is 1.35. The number of amides is 2. The minimum absolute atomic E-state index is 0.131. The molecule has 3 aromatic rings. The van der Waals surface area contributed by atoms with Crippen molar-refractivity contribution in [3.63, 3.8) is 0 Å². The summed E-state index contributed by atoms with van der Waals surface area (Å²) in [5, 5.41) is 2.94. The molecule has 0 aromatic heterocycles. The van der Waals surface area contributed by atoms with E-state index in [0.717, 1.165) is 36.2 Å². The summed E-state index contributed by atoms with van der Waals surface area (Å²) in [5.41, 5.74) is 2.91. The van der Waals surface area contributed by atoms with Crippen LogP contribution in [0.5, 0.6) is 0 Å². The third-order valence-electron chi connectivity index (χ3n) is 6.08. The number of carbonyl (C=O) groups excluding carboxylic acids is 2. The van der Waals surface area contributed by atoms with Crippen LogP contribution in [0.15, 0.2) is 81.7 Å². The van der Waals surface area contributed by atoms with E-state index in [4.69, 9.17) is 0 Å². The summed E-state index contributed by atoms with van der Waals surface area (Å²) in [7, 11) is -3.81. The Morgan fingerprint density at radius 1 is 0.923 bits per heavy atom. The molecule has 0 aliphatic heterocycles. The van der Waals surface area contributed by atoms with Gasteiger partial charge in [0.1, 0.15) is 12.6 Å².